The van der Waals surface area contributed by atoms with Gasteiger partial charge in [0.1, 0.15) is 22.3 Å². The zero-order chi connectivity index (χ0) is 34.5. The SMILES string of the molecule is COc1ccc(C(Cc2c(Cl)c[n+]([O-])cc2Cl)OC(=O)c2ccc(CN(C(=O)O[C@H]3CN4CCC3CC4)c3ccccc3)cc2)cc1OC. The van der Waals surface area contributed by atoms with E-state index in [1.54, 1.807) is 47.4 Å². The van der Waals surface area contributed by atoms with E-state index in [1.807, 2.05) is 30.3 Å². The second-order valence-electron chi connectivity index (χ2n) is 12.2. The zero-order valence-corrected chi connectivity index (χ0v) is 28.7. The van der Waals surface area contributed by atoms with Gasteiger partial charge in [0.25, 0.3) is 0 Å². The third-order valence-corrected chi connectivity index (χ3v) is 9.79. The third-order valence-electron chi connectivity index (χ3n) is 9.14. The van der Waals surface area contributed by atoms with E-state index in [-0.39, 0.29) is 29.1 Å². The molecule has 49 heavy (non-hydrogen) atoms. The molecule has 2 bridgehead atoms. The molecule has 4 aromatic rings. The topological polar surface area (TPSA) is 104 Å². The van der Waals surface area contributed by atoms with Crippen molar-refractivity contribution in [2.75, 3.05) is 38.8 Å². The van der Waals surface area contributed by atoms with Gasteiger partial charge in [-0.1, -0.05) is 59.6 Å². The number of para-hydroxylation sites is 1. The lowest BCUT2D eigenvalue weighted by atomic mass is 9.86. The Kier molecular flexibility index (Phi) is 10.8. The number of hydrogen-bond donors (Lipinski definition) is 0. The highest BCUT2D eigenvalue weighted by atomic mass is 35.5. The Bertz CT molecular complexity index is 1760. The number of amides is 1. The molecule has 12 heteroatoms. The van der Waals surface area contributed by atoms with Crippen LogP contribution in [0.15, 0.2) is 85.2 Å². The van der Waals surface area contributed by atoms with E-state index in [0.29, 0.717) is 38.8 Å². The highest BCUT2D eigenvalue weighted by Crippen LogP contribution is 2.36. The molecular weight excluding hydrogens is 669 g/mol. The minimum Gasteiger partial charge on any atom is -0.619 e. The lowest BCUT2D eigenvalue weighted by Gasteiger charge is -2.44. The number of esters is 1. The molecule has 0 spiro atoms. The maximum Gasteiger partial charge on any atom is 0.414 e. The third kappa shape index (κ3) is 8.04. The summed E-state index contributed by atoms with van der Waals surface area (Å²) in [5, 5.41) is 12.2. The quantitative estimate of drug-likeness (QED) is 0.0932. The first kappa shape index (κ1) is 34.4. The number of fused-ring (bicyclic) bond motifs is 3. The van der Waals surface area contributed by atoms with Crippen molar-refractivity contribution >= 4 is 41.0 Å². The number of nitrogens with zero attached hydrogens (tertiary/aromatic N) is 3. The fraction of sp³-hybridized carbons (Fsp3) is 0.324. The first-order chi connectivity index (χ1) is 23.7. The number of anilines is 1. The van der Waals surface area contributed by atoms with Crippen molar-refractivity contribution in [1.29, 1.82) is 0 Å². The molecule has 7 rings (SSSR count). The summed E-state index contributed by atoms with van der Waals surface area (Å²) in [6.07, 6.45) is 3.19. The Morgan fingerprint density at radius 3 is 2.22 bits per heavy atom. The molecule has 1 amide bonds. The van der Waals surface area contributed by atoms with Crippen LogP contribution >= 0.6 is 23.2 Å². The molecule has 2 atom stereocenters. The van der Waals surface area contributed by atoms with Crippen LogP contribution in [0.25, 0.3) is 0 Å². The van der Waals surface area contributed by atoms with Crippen LogP contribution in [-0.2, 0) is 22.4 Å². The number of benzene rings is 3. The summed E-state index contributed by atoms with van der Waals surface area (Å²) >= 11 is 12.8. The first-order valence-corrected chi connectivity index (χ1v) is 16.8. The lowest BCUT2D eigenvalue weighted by Crippen LogP contribution is -2.53. The van der Waals surface area contributed by atoms with Crippen molar-refractivity contribution in [1.82, 2.24) is 4.90 Å². The average molecular weight is 707 g/mol. The molecule has 3 aliphatic heterocycles. The van der Waals surface area contributed by atoms with E-state index in [0.717, 1.165) is 43.7 Å². The molecule has 0 radical (unpaired) electrons. The number of aromatic nitrogens is 1. The molecule has 0 N–H and O–H groups in total. The molecule has 3 aliphatic rings. The number of rotatable bonds is 11. The van der Waals surface area contributed by atoms with E-state index in [1.165, 1.54) is 26.6 Å². The van der Waals surface area contributed by atoms with Gasteiger partial charge in [0, 0.05) is 24.2 Å². The van der Waals surface area contributed by atoms with Crippen LogP contribution < -0.4 is 19.1 Å². The molecule has 10 nitrogen and oxygen atoms in total. The molecular formula is C37H37Cl2N3O7. The summed E-state index contributed by atoms with van der Waals surface area (Å²) in [6, 6.07) is 21.5. The summed E-state index contributed by atoms with van der Waals surface area (Å²) in [5.41, 5.74) is 2.88. The molecule has 4 heterocycles. The van der Waals surface area contributed by atoms with E-state index in [4.69, 9.17) is 42.1 Å². The number of carbonyl (C=O) groups excluding carboxylic acids is 2. The minimum absolute atomic E-state index is 0.0889. The molecule has 1 aromatic heterocycles. The monoisotopic (exact) mass is 705 g/mol. The second-order valence-corrected chi connectivity index (χ2v) is 13.0. The van der Waals surface area contributed by atoms with E-state index < -0.39 is 18.2 Å². The van der Waals surface area contributed by atoms with Gasteiger partial charge in [0.2, 0.25) is 0 Å². The van der Waals surface area contributed by atoms with Crippen molar-refractivity contribution in [2.24, 2.45) is 5.92 Å². The van der Waals surface area contributed by atoms with Crippen LogP contribution in [0.5, 0.6) is 11.5 Å². The molecule has 0 saturated carbocycles. The van der Waals surface area contributed by atoms with Gasteiger partial charge in [0.05, 0.1) is 26.3 Å². The molecule has 3 saturated heterocycles. The van der Waals surface area contributed by atoms with Gasteiger partial charge in [-0.3, -0.25) is 9.80 Å². The molecule has 3 aromatic carbocycles. The molecule has 1 unspecified atom stereocenters. The Morgan fingerprint density at radius 2 is 1.61 bits per heavy atom. The van der Waals surface area contributed by atoms with Crippen molar-refractivity contribution in [3.05, 3.63) is 123 Å². The van der Waals surface area contributed by atoms with Gasteiger partial charge in [-0.15, -0.1) is 0 Å². The van der Waals surface area contributed by atoms with Gasteiger partial charge in [0.15, 0.2) is 23.9 Å². The summed E-state index contributed by atoms with van der Waals surface area (Å²) in [4.78, 5) is 31.1. The van der Waals surface area contributed by atoms with Crippen LogP contribution in [0.1, 0.15) is 46.0 Å². The Morgan fingerprint density at radius 1 is 0.939 bits per heavy atom. The van der Waals surface area contributed by atoms with E-state index in [2.05, 4.69) is 4.90 Å². The zero-order valence-electron chi connectivity index (χ0n) is 27.2. The fourth-order valence-electron chi connectivity index (χ4n) is 6.42. The lowest BCUT2D eigenvalue weighted by molar-refractivity contribution is -0.605. The summed E-state index contributed by atoms with van der Waals surface area (Å²) in [6.45, 7) is 3.12. The van der Waals surface area contributed by atoms with E-state index >= 15 is 0 Å². The van der Waals surface area contributed by atoms with Crippen LogP contribution in [-0.4, -0.2) is 56.9 Å². The summed E-state index contributed by atoms with van der Waals surface area (Å²) in [5.74, 6) is 0.752. The highest BCUT2D eigenvalue weighted by Gasteiger charge is 2.37. The summed E-state index contributed by atoms with van der Waals surface area (Å²) in [7, 11) is 3.04. The largest absolute Gasteiger partial charge is 0.619 e. The number of pyridine rings is 1. The van der Waals surface area contributed by atoms with Crippen LogP contribution in [0.2, 0.25) is 10.0 Å². The highest BCUT2D eigenvalue weighted by molar-refractivity contribution is 6.35. The Hall–Kier alpha value is -4.51. The van der Waals surface area contributed by atoms with E-state index in [9.17, 15) is 14.8 Å². The van der Waals surface area contributed by atoms with Crippen molar-refractivity contribution in [3.8, 4) is 11.5 Å². The number of carbonyl (C=O) groups is 2. The van der Waals surface area contributed by atoms with Crippen LogP contribution in [0.4, 0.5) is 10.5 Å². The maximum atomic E-state index is 13.6. The van der Waals surface area contributed by atoms with Crippen molar-refractivity contribution in [3.63, 3.8) is 0 Å². The number of methoxy groups -OCH3 is 2. The second kappa shape index (κ2) is 15.4. The Labute approximate surface area is 295 Å². The maximum absolute atomic E-state index is 13.6. The van der Waals surface area contributed by atoms with Gasteiger partial charge in [-0.25, -0.2) is 9.59 Å². The van der Waals surface area contributed by atoms with Crippen molar-refractivity contribution in [2.45, 2.75) is 38.0 Å². The average Bonchev–Trinajstić information content (AvgIpc) is 3.12. The van der Waals surface area contributed by atoms with Gasteiger partial charge >= 0.3 is 12.1 Å². The number of hydrogen-bond acceptors (Lipinski definition) is 8. The Balaban J connectivity index is 1.20. The smallest absolute Gasteiger partial charge is 0.414 e. The number of halogens is 2. The predicted molar refractivity (Wildman–Crippen MR) is 185 cm³/mol. The minimum atomic E-state index is -0.848. The number of ether oxygens (including phenoxy) is 4. The molecule has 0 aliphatic carbocycles. The molecule has 3 fully saturated rings. The fourth-order valence-corrected chi connectivity index (χ4v) is 7.02. The van der Waals surface area contributed by atoms with Crippen molar-refractivity contribution < 1.29 is 33.3 Å². The normalized spacial score (nSPS) is 18.7. The predicted octanol–water partition coefficient (Wildman–Crippen LogP) is 7.02. The first-order valence-electron chi connectivity index (χ1n) is 16.1. The van der Waals surface area contributed by atoms with Gasteiger partial charge in [-0.05, 0) is 79.4 Å². The van der Waals surface area contributed by atoms with Gasteiger partial charge in [-0.2, -0.15) is 4.73 Å². The molecule has 256 valence electrons. The van der Waals surface area contributed by atoms with Crippen LogP contribution in [0, 0.1) is 11.1 Å². The standard InChI is InChI=1S/C37H37Cl2N3O7/c1-46-32-13-12-27(18-34(32)47-2)33(19-29-30(38)21-41(45)22-31(29)39)48-36(43)26-10-8-24(9-11-26)20-42(28-6-4-3-5-7-28)37(44)49-35-23-40-16-14-25(35)15-17-40/h3-13,18,21-22,25,33,35H,14-17,19-20,23H2,1-2H3/t33?,35-/m0/s1. The van der Waals surface area contributed by atoms with Gasteiger partial charge < -0.3 is 24.2 Å². The summed E-state index contributed by atoms with van der Waals surface area (Å²) < 4.78 is 23.5. The van der Waals surface area contributed by atoms with Crippen LogP contribution in [0.3, 0.4) is 0 Å². The number of piperidine rings is 3.